The van der Waals surface area contributed by atoms with Crippen LogP contribution in [0.15, 0.2) is 0 Å². The summed E-state index contributed by atoms with van der Waals surface area (Å²) in [7, 11) is 0. The van der Waals surface area contributed by atoms with E-state index in [-0.39, 0.29) is 123 Å². The third-order valence-corrected chi connectivity index (χ3v) is 5.01. The quantitative estimate of drug-likeness (QED) is 0.0822. The predicted molar refractivity (Wildman–Crippen MR) is 134 cm³/mol. The summed E-state index contributed by atoms with van der Waals surface area (Å²) in [4.78, 5) is 120. The van der Waals surface area contributed by atoms with Crippen molar-refractivity contribution in [1.82, 2.24) is 0 Å². The largest absolute Gasteiger partial charge is 4.00 e. The number of rotatable bonds is 20. The maximum Gasteiger partial charge on any atom is 4.00 e. The molecule has 0 radical (unpaired) electrons. The van der Waals surface area contributed by atoms with E-state index in [4.69, 9.17) is 20.4 Å². The zero-order valence-electron chi connectivity index (χ0n) is 27.8. The monoisotopic (exact) mass is 1280 g/mol. The number of hydrogen-bond donors (Lipinski definition) is 4. The minimum absolute atomic E-state index is 0. The van der Waals surface area contributed by atoms with Gasteiger partial charge in [-0.2, -0.15) is 0 Å². The molecule has 0 saturated carbocycles. The molecule has 0 aliphatic rings. The van der Waals surface area contributed by atoms with Crippen LogP contribution in [-0.4, -0.2) is 186 Å². The van der Waals surface area contributed by atoms with E-state index >= 15 is 0 Å². The maximum atomic E-state index is 10.1. The zero-order chi connectivity index (χ0) is 42.6. The van der Waals surface area contributed by atoms with Gasteiger partial charge in [0.05, 0.1) is 23.9 Å². The summed E-state index contributed by atoms with van der Waals surface area (Å²) in [5.74, 6) is -23.9. The number of carboxylic acid groups (broad SMARTS) is 12. The molecule has 0 aromatic heterocycles. The molecule has 0 saturated heterocycles. The number of hydrogen-bond acceptors (Lipinski definition) is 28. The molecular weight excluding hydrogens is 1260 g/mol. The van der Waals surface area contributed by atoms with E-state index in [0.29, 0.717) is 0 Å². The van der Waals surface area contributed by atoms with Crippen LogP contribution in [-0.2, 0) is 109 Å². The molecule has 0 aliphatic carbocycles. The van der Waals surface area contributed by atoms with Crippen molar-refractivity contribution < 1.29 is 190 Å². The summed E-state index contributed by atoms with van der Waals surface area (Å²) in [5, 5.41) is 156. The molecule has 0 heterocycles. The van der Waals surface area contributed by atoms with Gasteiger partial charge >= 0.3 is 123 Å². The van der Waals surface area contributed by atoms with Crippen LogP contribution in [0.25, 0.3) is 0 Å². The fourth-order valence-electron chi connectivity index (χ4n) is 2.74. The number of carbonyl (C=O) groups excluding carboxylic acids is 12. The first-order valence-electron chi connectivity index (χ1n) is 12.5. The Morgan fingerprint density at radius 3 is 0.362 bits per heavy atom. The van der Waals surface area contributed by atoms with Gasteiger partial charge in [-0.3, -0.25) is 0 Å². The van der Waals surface area contributed by atoms with Crippen LogP contribution >= 0.6 is 0 Å². The van der Waals surface area contributed by atoms with Gasteiger partial charge in [0.15, 0.2) is 0 Å². The molecule has 0 amide bonds. The first-order chi connectivity index (χ1) is 23.1. The van der Waals surface area contributed by atoms with E-state index in [1.165, 1.54) is 0 Å². The van der Waals surface area contributed by atoms with Crippen molar-refractivity contribution in [3.63, 3.8) is 0 Å². The maximum absolute atomic E-state index is 10.1. The van der Waals surface area contributed by atoms with E-state index < -0.39 is 145 Å². The van der Waals surface area contributed by atoms with Gasteiger partial charge in [-0.15, -0.1) is 0 Å². The minimum atomic E-state index is -2.97. The molecule has 58 heavy (non-hydrogen) atoms. The van der Waals surface area contributed by atoms with Crippen LogP contribution in [0, 0.1) is 0 Å². The summed E-state index contributed by atoms with van der Waals surface area (Å²) < 4.78 is 0. The Bertz CT molecular complexity index is 1150. The number of aliphatic carboxylic acids is 12. The van der Waals surface area contributed by atoms with Crippen LogP contribution in [0.5, 0.6) is 0 Å². The van der Waals surface area contributed by atoms with E-state index in [2.05, 4.69) is 0 Å². The molecule has 0 aromatic carbocycles. The molecule has 4 N–H and O–H groups in total. The molecule has 0 fully saturated rings. The minimum Gasteiger partial charge on any atom is -0.550 e. The summed E-state index contributed by atoms with van der Waals surface area (Å²) in [6, 6.07) is 0. The third kappa shape index (κ3) is 38.9. The van der Waals surface area contributed by atoms with Crippen molar-refractivity contribution in [2.24, 2.45) is 0 Å². The second kappa shape index (κ2) is 36.3. The topological polar surface area (TPSA) is 562 Å². The summed E-state index contributed by atoms with van der Waals surface area (Å²) in [6.45, 7) is 0. The Hall–Kier alpha value is -2.57. The van der Waals surface area contributed by atoms with E-state index in [9.17, 15) is 119 Å². The first-order valence-corrected chi connectivity index (χ1v) is 12.5. The van der Waals surface area contributed by atoms with E-state index in [1.807, 2.05) is 0 Å². The molecule has 0 aromatic rings. The molecule has 28 nitrogen and oxygen atoms in total. The smallest absolute Gasteiger partial charge is 0.550 e. The van der Waals surface area contributed by atoms with Crippen molar-refractivity contribution in [2.75, 3.05) is 0 Å². The fraction of sp³-hybridized carbons (Fsp3) is 0.500. The van der Waals surface area contributed by atoms with Crippen LogP contribution in [0.2, 0.25) is 0 Å². The predicted octanol–water partition coefficient (Wildman–Crippen LogP) is -22.2. The van der Waals surface area contributed by atoms with Gasteiger partial charge in [0.1, 0.15) is 22.4 Å². The Morgan fingerprint density at radius 2 is 0.328 bits per heavy atom. The average molecular weight is 1280 g/mol. The molecule has 0 atom stereocenters. The Morgan fingerprint density at radius 1 is 0.259 bits per heavy atom. The molecule has 34 heteroatoms. The molecular formula is C24H20Fe3O28Sn3+6. The SMILES string of the molecule is O=C([O-])CC(O)(CC(=O)[O-])C(=O)[O-].O=C([O-])CC(O)(CC(=O)[O-])C(=O)[O-].O=C([O-])CC(O)(CC(=O)[O-])C(=O)[O-].O=C([O-])CC(O)(CC(=O)[O-])C(=O)[O-].[Fe+2].[Fe+2].[Fe+2].[Sn+4].[Sn+4].[Sn+4]. The molecule has 0 spiro atoms. The Labute approximate surface area is 404 Å². The Balaban J connectivity index is -0.0000000640. The van der Waals surface area contributed by atoms with Gasteiger partial charge in [0, 0.05) is 99.1 Å². The fourth-order valence-corrected chi connectivity index (χ4v) is 2.74. The van der Waals surface area contributed by atoms with Gasteiger partial charge < -0.3 is 139 Å². The van der Waals surface area contributed by atoms with Gasteiger partial charge in [-0.25, -0.2) is 0 Å². The third-order valence-electron chi connectivity index (χ3n) is 5.01. The standard InChI is InChI=1S/4C6H8O7.3Fe.3Sn/c4*7-3(8)1-6(13,5(11)12)2-4(9)10;;;;;;/h4*13H,1-2H2,(H,7,8)(H,9,10)(H,11,12);;;;;;/q;;;;3*+2;3*+4/p-12. The summed E-state index contributed by atoms with van der Waals surface area (Å²) >= 11 is 0. The van der Waals surface area contributed by atoms with Gasteiger partial charge in [-0.1, -0.05) is 0 Å². The number of aliphatic hydroxyl groups is 4. The summed E-state index contributed by atoms with van der Waals surface area (Å²) in [6.07, 6.45) is -10.9. The first kappa shape index (κ1) is 79.6. The van der Waals surface area contributed by atoms with Crippen molar-refractivity contribution in [2.45, 2.75) is 73.8 Å². The van der Waals surface area contributed by atoms with Crippen LogP contribution in [0.1, 0.15) is 51.4 Å². The van der Waals surface area contributed by atoms with Gasteiger partial charge in [0.25, 0.3) is 0 Å². The Kier molecular flexibility index (Phi) is 49.8. The second-order valence-corrected chi connectivity index (χ2v) is 9.67. The molecule has 0 unspecified atom stereocenters. The van der Waals surface area contributed by atoms with Gasteiger partial charge in [-0.05, 0) is 0 Å². The van der Waals surface area contributed by atoms with E-state index in [0.717, 1.165) is 0 Å². The molecule has 0 rings (SSSR count). The van der Waals surface area contributed by atoms with Crippen LogP contribution < -0.4 is 61.3 Å². The summed E-state index contributed by atoms with van der Waals surface area (Å²) in [5.41, 5.74) is -11.9. The van der Waals surface area contributed by atoms with E-state index in [1.54, 1.807) is 0 Å². The number of carboxylic acids is 12. The number of carbonyl (C=O) groups is 12. The van der Waals surface area contributed by atoms with Crippen molar-refractivity contribution in [1.29, 1.82) is 0 Å². The zero-order valence-corrected chi connectivity index (χ0v) is 39.7. The second-order valence-electron chi connectivity index (χ2n) is 9.67. The van der Waals surface area contributed by atoms with Crippen LogP contribution in [0.3, 0.4) is 0 Å². The average Bonchev–Trinajstić information content (AvgIpc) is 2.85. The molecule has 0 bridgehead atoms. The molecule has 314 valence electrons. The normalized spacial score (nSPS) is 9.72. The van der Waals surface area contributed by atoms with Gasteiger partial charge in [0.2, 0.25) is 0 Å². The van der Waals surface area contributed by atoms with Crippen molar-refractivity contribution >= 4 is 143 Å². The van der Waals surface area contributed by atoms with Crippen molar-refractivity contribution in [3.05, 3.63) is 0 Å². The van der Waals surface area contributed by atoms with Crippen LogP contribution in [0.4, 0.5) is 0 Å². The van der Waals surface area contributed by atoms with Crippen molar-refractivity contribution in [3.8, 4) is 0 Å². The molecule has 0 aliphatic heterocycles.